The van der Waals surface area contributed by atoms with Gasteiger partial charge in [0.05, 0.1) is 0 Å². The smallest absolute Gasteiger partial charge is 0.0128 e. The Bertz CT molecular complexity index is 101. The summed E-state index contributed by atoms with van der Waals surface area (Å²) in [4.78, 5) is 0. The molecule has 1 aliphatic rings. The molecule has 1 radical (unpaired) electrons. The second-order valence-electron chi connectivity index (χ2n) is 2.19. The van der Waals surface area contributed by atoms with Crippen LogP contribution in [0.3, 0.4) is 0 Å². The first kappa shape index (κ1) is 5.61. The summed E-state index contributed by atoms with van der Waals surface area (Å²) in [6.07, 6.45) is 11.1. The average molecular weight is 107 g/mol. The maximum atomic E-state index is 3.63. The fourth-order valence-corrected chi connectivity index (χ4v) is 0.979. The molecule has 0 aromatic heterocycles. The van der Waals surface area contributed by atoms with Crippen molar-refractivity contribution in [3.63, 3.8) is 0 Å². The monoisotopic (exact) mass is 107 g/mol. The van der Waals surface area contributed by atoms with Crippen molar-refractivity contribution in [2.24, 2.45) is 5.92 Å². The minimum absolute atomic E-state index is 0.639. The van der Waals surface area contributed by atoms with Crippen LogP contribution in [0, 0.1) is 12.0 Å². The summed E-state index contributed by atoms with van der Waals surface area (Å²) in [6.45, 7) is 3.63. The predicted molar refractivity (Wildman–Crippen MR) is 35.4 cm³/mol. The predicted octanol–water partition coefficient (Wildman–Crippen LogP) is 2.33. The third-order valence-electron chi connectivity index (χ3n) is 1.56. The van der Waals surface area contributed by atoms with Crippen LogP contribution in [0.25, 0.3) is 0 Å². The van der Waals surface area contributed by atoms with E-state index in [-0.39, 0.29) is 0 Å². The van der Waals surface area contributed by atoms with E-state index in [0.29, 0.717) is 5.92 Å². The van der Waals surface area contributed by atoms with Crippen molar-refractivity contribution < 1.29 is 0 Å². The summed E-state index contributed by atoms with van der Waals surface area (Å²) < 4.78 is 0. The lowest BCUT2D eigenvalue weighted by atomic mass is 9.95. The quantitative estimate of drug-likeness (QED) is 0.451. The van der Waals surface area contributed by atoms with Gasteiger partial charge in [0.2, 0.25) is 0 Å². The molecule has 0 saturated carbocycles. The molecular weight excluding hydrogens is 96.1 g/mol. The molecule has 0 N–H and O–H groups in total. The van der Waals surface area contributed by atoms with Crippen LogP contribution in [0.1, 0.15) is 19.3 Å². The van der Waals surface area contributed by atoms with E-state index in [1.807, 2.05) is 0 Å². The van der Waals surface area contributed by atoms with E-state index < -0.39 is 0 Å². The van der Waals surface area contributed by atoms with E-state index in [1.165, 1.54) is 12.8 Å². The standard InChI is InChI=1S/C8H11/c1-2-8-6-4-3-5-7-8/h3-4,8H,1,5-7H2. The van der Waals surface area contributed by atoms with Crippen molar-refractivity contribution in [3.05, 3.63) is 24.8 Å². The Morgan fingerprint density at radius 2 is 2.38 bits per heavy atom. The van der Waals surface area contributed by atoms with Gasteiger partial charge in [0, 0.05) is 0 Å². The third-order valence-corrected chi connectivity index (χ3v) is 1.56. The van der Waals surface area contributed by atoms with Gasteiger partial charge in [-0.2, -0.15) is 0 Å². The Labute approximate surface area is 50.9 Å². The molecule has 0 aliphatic heterocycles. The lowest BCUT2D eigenvalue weighted by Crippen LogP contribution is -1.97. The molecular formula is C8H11. The Balaban J connectivity index is 2.37. The first-order chi connectivity index (χ1) is 3.93. The Morgan fingerprint density at radius 3 is 2.75 bits per heavy atom. The minimum atomic E-state index is 0.639. The van der Waals surface area contributed by atoms with Crippen molar-refractivity contribution in [1.29, 1.82) is 0 Å². The summed E-state index contributed by atoms with van der Waals surface area (Å²) in [5.74, 6) is 0.639. The topological polar surface area (TPSA) is 0 Å². The van der Waals surface area contributed by atoms with Gasteiger partial charge in [-0.3, -0.25) is 0 Å². The highest BCUT2D eigenvalue weighted by molar-refractivity contribution is 4.92. The summed E-state index contributed by atoms with van der Waals surface area (Å²) in [5, 5.41) is 0. The fraction of sp³-hybridized carbons (Fsp3) is 0.500. The van der Waals surface area contributed by atoms with Gasteiger partial charge in [0.1, 0.15) is 0 Å². The molecule has 1 rings (SSSR count). The van der Waals surface area contributed by atoms with Crippen molar-refractivity contribution in [2.75, 3.05) is 0 Å². The molecule has 0 aromatic carbocycles. The molecule has 43 valence electrons. The van der Waals surface area contributed by atoms with Crippen molar-refractivity contribution in [3.8, 4) is 0 Å². The van der Waals surface area contributed by atoms with Crippen LogP contribution >= 0.6 is 0 Å². The minimum Gasteiger partial charge on any atom is -0.0953 e. The van der Waals surface area contributed by atoms with E-state index in [1.54, 1.807) is 0 Å². The van der Waals surface area contributed by atoms with Gasteiger partial charge in [0.15, 0.2) is 0 Å². The SMILES string of the molecule is C=[C]C1CC=CCC1. The van der Waals surface area contributed by atoms with Gasteiger partial charge in [-0.15, -0.1) is 0 Å². The number of rotatable bonds is 1. The molecule has 0 fully saturated rings. The zero-order valence-electron chi connectivity index (χ0n) is 5.06. The van der Waals surface area contributed by atoms with E-state index in [2.05, 4.69) is 24.8 Å². The number of allylic oxidation sites excluding steroid dienone is 3. The summed E-state index contributed by atoms with van der Waals surface area (Å²) in [6, 6.07) is 0. The van der Waals surface area contributed by atoms with E-state index in [0.717, 1.165) is 6.42 Å². The molecule has 0 spiro atoms. The molecule has 0 heterocycles. The van der Waals surface area contributed by atoms with Crippen LogP contribution in [0.15, 0.2) is 18.7 Å². The highest BCUT2D eigenvalue weighted by Gasteiger charge is 2.03. The zero-order chi connectivity index (χ0) is 5.82. The molecule has 0 bridgehead atoms. The van der Waals surface area contributed by atoms with Gasteiger partial charge in [-0.05, 0) is 31.3 Å². The summed E-state index contributed by atoms with van der Waals surface area (Å²) in [5.41, 5.74) is 0. The summed E-state index contributed by atoms with van der Waals surface area (Å²) >= 11 is 0. The second kappa shape index (κ2) is 2.71. The van der Waals surface area contributed by atoms with Gasteiger partial charge < -0.3 is 0 Å². The Kier molecular flexibility index (Phi) is 1.90. The van der Waals surface area contributed by atoms with Crippen LogP contribution in [-0.4, -0.2) is 0 Å². The van der Waals surface area contributed by atoms with Crippen LogP contribution in [0.4, 0.5) is 0 Å². The second-order valence-corrected chi connectivity index (χ2v) is 2.19. The molecule has 0 aromatic rings. The average Bonchev–Trinajstić information content (AvgIpc) is 1.90. The first-order valence-corrected chi connectivity index (χ1v) is 3.11. The maximum Gasteiger partial charge on any atom is -0.0128 e. The first-order valence-electron chi connectivity index (χ1n) is 3.11. The lowest BCUT2D eigenvalue weighted by Gasteiger charge is -2.10. The molecule has 1 atom stereocenters. The van der Waals surface area contributed by atoms with E-state index in [9.17, 15) is 0 Å². The fourth-order valence-electron chi connectivity index (χ4n) is 0.979. The van der Waals surface area contributed by atoms with Gasteiger partial charge in [0.25, 0.3) is 0 Å². The Morgan fingerprint density at radius 1 is 1.50 bits per heavy atom. The van der Waals surface area contributed by atoms with Gasteiger partial charge >= 0.3 is 0 Å². The maximum absolute atomic E-state index is 3.63. The van der Waals surface area contributed by atoms with Gasteiger partial charge in [-0.25, -0.2) is 0 Å². The number of hydrogen-bond donors (Lipinski definition) is 0. The summed E-state index contributed by atoms with van der Waals surface area (Å²) in [7, 11) is 0. The Hall–Kier alpha value is -0.520. The molecule has 0 saturated heterocycles. The molecule has 1 unspecified atom stereocenters. The normalized spacial score (nSPS) is 27.8. The van der Waals surface area contributed by atoms with Crippen molar-refractivity contribution in [1.82, 2.24) is 0 Å². The van der Waals surface area contributed by atoms with Crippen molar-refractivity contribution in [2.45, 2.75) is 19.3 Å². The van der Waals surface area contributed by atoms with Crippen LogP contribution in [-0.2, 0) is 0 Å². The highest BCUT2D eigenvalue weighted by Crippen LogP contribution is 2.17. The molecule has 1 aliphatic carbocycles. The highest BCUT2D eigenvalue weighted by atomic mass is 14.1. The van der Waals surface area contributed by atoms with E-state index >= 15 is 0 Å². The zero-order valence-corrected chi connectivity index (χ0v) is 5.06. The largest absolute Gasteiger partial charge is 0.0953 e. The van der Waals surface area contributed by atoms with Crippen LogP contribution in [0.5, 0.6) is 0 Å². The third kappa shape index (κ3) is 1.22. The van der Waals surface area contributed by atoms with Gasteiger partial charge in [-0.1, -0.05) is 18.7 Å². The van der Waals surface area contributed by atoms with E-state index in [4.69, 9.17) is 0 Å². The molecule has 0 amide bonds. The molecule has 0 nitrogen and oxygen atoms in total. The van der Waals surface area contributed by atoms with Crippen LogP contribution < -0.4 is 0 Å². The molecule has 8 heavy (non-hydrogen) atoms. The van der Waals surface area contributed by atoms with Crippen molar-refractivity contribution >= 4 is 0 Å². The lowest BCUT2D eigenvalue weighted by molar-refractivity contribution is 0.570. The molecule has 0 heteroatoms. The number of hydrogen-bond acceptors (Lipinski definition) is 0. The van der Waals surface area contributed by atoms with Crippen LogP contribution in [0.2, 0.25) is 0 Å².